The molecule has 0 aliphatic carbocycles. The van der Waals surface area contributed by atoms with Crippen molar-refractivity contribution in [1.82, 2.24) is 4.98 Å². The molecule has 0 spiro atoms. The minimum atomic E-state index is -0.377. The van der Waals surface area contributed by atoms with Crippen molar-refractivity contribution in [3.63, 3.8) is 0 Å². The molecule has 1 heterocycles. The van der Waals surface area contributed by atoms with Crippen LogP contribution in [-0.2, 0) is 4.74 Å². The molecule has 3 nitrogen and oxygen atoms in total. The number of rotatable bonds is 4. The first-order chi connectivity index (χ1) is 12.8. The third kappa shape index (κ3) is 3.70. The molecule has 0 atom stereocenters. The Hall–Kier alpha value is -2.39. The maximum absolute atomic E-state index is 12.8. The summed E-state index contributed by atoms with van der Waals surface area (Å²) in [6, 6.07) is 13.9. The largest absolute Gasteiger partial charge is 0.465 e. The van der Waals surface area contributed by atoms with Gasteiger partial charge in [0.1, 0.15) is 0 Å². The number of carbonyl (C=O) groups is 1. The maximum Gasteiger partial charge on any atom is 0.340 e. The second-order valence-corrected chi connectivity index (χ2v) is 7.77. The third-order valence-corrected chi connectivity index (χ3v) is 4.99. The van der Waals surface area contributed by atoms with Crippen LogP contribution in [0.4, 0.5) is 0 Å². The van der Waals surface area contributed by atoms with Gasteiger partial charge in [0.05, 0.1) is 23.9 Å². The molecule has 2 aromatic carbocycles. The van der Waals surface area contributed by atoms with Crippen LogP contribution >= 0.6 is 11.6 Å². The highest BCUT2D eigenvalue weighted by Crippen LogP contribution is 2.38. The summed E-state index contributed by atoms with van der Waals surface area (Å²) < 4.78 is 5.13. The summed E-state index contributed by atoms with van der Waals surface area (Å²) in [5.41, 5.74) is 5.09. The molecule has 140 valence electrons. The van der Waals surface area contributed by atoms with Crippen LogP contribution in [0.25, 0.3) is 22.0 Å². The summed E-state index contributed by atoms with van der Waals surface area (Å²) in [6.07, 6.45) is 0. The van der Waals surface area contributed by atoms with E-state index in [-0.39, 0.29) is 11.9 Å². The van der Waals surface area contributed by atoms with Gasteiger partial charge in [-0.25, -0.2) is 4.79 Å². The zero-order valence-corrected chi connectivity index (χ0v) is 17.1. The smallest absolute Gasteiger partial charge is 0.340 e. The van der Waals surface area contributed by atoms with E-state index in [1.54, 1.807) is 0 Å². The highest BCUT2D eigenvalue weighted by atomic mass is 35.5. The lowest BCUT2D eigenvalue weighted by Gasteiger charge is -2.19. The molecule has 3 aromatic rings. The van der Waals surface area contributed by atoms with E-state index >= 15 is 0 Å². The standard InChI is InChI=1S/C23H24ClNO2/c1-13(2)15-7-6-8-16(11-15)20-18-12-17(24)9-10-19(18)25-22(14(3)4)21(20)23(26)27-5/h6-14H,1-5H3. The molecule has 27 heavy (non-hydrogen) atoms. The Kier molecular flexibility index (Phi) is 5.52. The lowest BCUT2D eigenvalue weighted by molar-refractivity contribution is 0.0599. The van der Waals surface area contributed by atoms with Crippen molar-refractivity contribution in [2.45, 2.75) is 39.5 Å². The average Bonchev–Trinajstić information content (AvgIpc) is 2.65. The van der Waals surface area contributed by atoms with E-state index in [2.05, 4.69) is 26.0 Å². The summed E-state index contributed by atoms with van der Waals surface area (Å²) in [4.78, 5) is 17.6. The number of methoxy groups -OCH3 is 1. The predicted octanol–water partition coefficient (Wildman–Crippen LogP) is 6.59. The Bertz CT molecular complexity index is 1010. The molecule has 0 radical (unpaired) electrons. The van der Waals surface area contributed by atoms with E-state index in [1.165, 1.54) is 12.7 Å². The number of pyridine rings is 1. The molecule has 0 saturated carbocycles. The molecule has 0 fully saturated rings. The quantitative estimate of drug-likeness (QED) is 0.478. The Morgan fingerprint density at radius 2 is 1.78 bits per heavy atom. The molecule has 0 saturated heterocycles. The Labute approximate surface area is 165 Å². The van der Waals surface area contributed by atoms with E-state index in [1.807, 2.05) is 44.2 Å². The van der Waals surface area contributed by atoms with Gasteiger partial charge in [-0.2, -0.15) is 0 Å². The van der Waals surface area contributed by atoms with Crippen LogP contribution in [0, 0.1) is 0 Å². The molecular weight excluding hydrogens is 358 g/mol. The summed E-state index contributed by atoms with van der Waals surface area (Å²) >= 11 is 6.28. The van der Waals surface area contributed by atoms with Crippen LogP contribution in [-0.4, -0.2) is 18.1 Å². The number of fused-ring (bicyclic) bond motifs is 1. The summed E-state index contributed by atoms with van der Waals surface area (Å²) in [7, 11) is 1.41. The minimum Gasteiger partial charge on any atom is -0.465 e. The first-order valence-corrected chi connectivity index (χ1v) is 9.53. The number of esters is 1. The van der Waals surface area contributed by atoms with Gasteiger partial charge in [0, 0.05) is 16.0 Å². The number of carbonyl (C=O) groups excluding carboxylic acids is 1. The zero-order valence-electron chi connectivity index (χ0n) is 16.3. The molecule has 0 bridgehead atoms. The molecule has 0 aliphatic rings. The number of ether oxygens (including phenoxy) is 1. The van der Waals surface area contributed by atoms with Gasteiger partial charge < -0.3 is 4.74 Å². The van der Waals surface area contributed by atoms with Crippen molar-refractivity contribution in [1.29, 1.82) is 0 Å². The van der Waals surface area contributed by atoms with Gasteiger partial charge >= 0.3 is 5.97 Å². The van der Waals surface area contributed by atoms with Gasteiger partial charge in [-0.1, -0.05) is 63.6 Å². The molecule has 4 heteroatoms. The molecule has 1 aromatic heterocycles. The predicted molar refractivity (Wildman–Crippen MR) is 112 cm³/mol. The summed E-state index contributed by atoms with van der Waals surface area (Å²) in [5.74, 6) is 0.0806. The topological polar surface area (TPSA) is 39.2 Å². The summed E-state index contributed by atoms with van der Waals surface area (Å²) in [5, 5.41) is 1.46. The van der Waals surface area contributed by atoms with Crippen molar-refractivity contribution in [3.05, 3.63) is 64.3 Å². The van der Waals surface area contributed by atoms with Gasteiger partial charge in [-0.3, -0.25) is 4.98 Å². The number of aromatic nitrogens is 1. The van der Waals surface area contributed by atoms with Gasteiger partial charge in [0.25, 0.3) is 0 Å². The van der Waals surface area contributed by atoms with Crippen molar-refractivity contribution < 1.29 is 9.53 Å². The Balaban J connectivity index is 2.48. The monoisotopic (exact) mass is 381 g/mol. The SMILES string of the molecule is COC(=O)c1c(C(C)C)nc2ccc(Cl)cc2c1-c1cccc(C(C)C)c1. The van der Waals surface area contributed by atoms with E-state index in [0.717, 1.165) is 27.7 Å². The van der Waals surface area contributed by atoms with Gasteiger partial charge in [0.15, 0.2) is 0 Å². The Morgan fingerprint density at radius 3 is 2.41 bits per heavy atom. The van der Waals surface area contributed by atoms with Crippen molar-refractivity contribution in [2.24, 2.45) is 0 Å². The normalized spacial score (nSPS) is 11.4. The Morgan fingerprint density at radius 1 is 1.04 bits per heavy atom. The van der Waals surface area contributed by atoms with E-state index in [0.29, 0.717) is 16.5 Å². The number of hydrogen-bond acceptors (Lipinski definition) is 3. The molecule has 0 N–H and O–H groups in total. The average molecular weight is 382 g/mol. The molecular formula is C23H24ClNO2. The highest BCUT2D eigenvalue weighted by molar-refractivity contribution is 6.31. The van der Waals surface area contributed by atoms with Crippen molar-refractivity contribution >= 4 is 28.5 Å². The van der Waals surface area contributed by atoms with Crippen LogP contribution in [0.15, 0.2) is 42.5 Å². The lowest BCUT2D eigenvalue weighted by Crippen LogP contribution is -2.12. The molecule has 0 unspecified atom stereocenters. The van der Waals surface area contributed by atoms with Crippen molar-refractivity contribution in [2.75, 3.05) is 7.11 Å². The van der Waals surface area contributed by atoms with Crippen molar-refractivity contribution in [3.8, 4) is 11.1 Å². The number of nitrogens with zero attached hydrogens (tertiary/aromatic N) is 1. The first-order valence-electron chi connectivity index (χ1n) is 9.15. The zero-order chi connectivity index (χ0) is 19.7. The van der Waals surface area contributed by atoms with Gasteiger partial charge in [-0.05, 0) is 41.2 Å². The lowest BCUT2D eigenvalue weighted by atomic mass is 9.89. The second kappa shape index (κ2) is 7.69. The fourth-order valence-electron chi connectivity index (χ4n) is 3.33. The third-order valence-electron chi connectivity index (χ3n) is 4.75. The molecule has 0 amide bonds. The number of benzene rings is 2. The van der Waals surface area contributed by atoms with Gasteiger partial charge in [0.2, 0.25) is 0 Å². The van der Waals surface area contributed by atoms with E-state index in [9.17, 15) is 4.79 Å². The fourth-order valence-corrected chi connectivity index (χ4v) is 3.51. The first kappa shape index (κ1) is 19.4. The number of halogens is 1. The van der Waals surface area contributed by atoms with E-state index < -0.39 is 0 Å². The van der Waals surface area contributed by atoms with Crippen LogP contribution in [0.5, 0.6) is 0 Å². The molecule has 3 rings (SSSR count). The number of hydrogen-bond donors (Lipinski definition) is 0. The van der Waals surface area contributed by atoms with E-state index in [4.69, 9.17) is 21.3 Å². The minimum absolute atomic E-state index is 0.0752. The maximum atomic E-state index is 12.8. The van der Waals surface area contributed by atoms with Crippen LogP contribution in [0.3, 0.4) is 0 Å². The van der Waals surface area contributed by atoms with Crippen LogP contribution < -0.4 is 0 Å². The molecule has 0 aliphatic heterocycles. The fraction of sp³-hybridized carbons (Fsp3) is 0.304. The van der Waals surface area contributed by atoms with Crippen LogP contribution in [0.1, 0.15) is 61.1 Å². The summed E-state index contributed by atoms with van der Waals surface area (Å²) in [6.45, 7) is 8.37. The highest BCUT2D eigenvalue weighted by Gasteiger charge is 2.25. The van der Waals surface area contributed by atoms with Crippen LogP contribution in [0.2, 0.25) is 5.02 Å². The second-order valence-electron chi connectivity index (χ2n) is 7.33. The van der Waals surface area contributed by atoms with Gasteiger partial charge in [-0.15, -0.1) is 0 Å².